The predicted molar refractivity (Wildman–Crippen MR) is 94.1 cm³/mol. The maximum Gasteiger partial charge on any atom is 0.0477 e. The molecular formula is C18H26S2. The van der Waals surface area contributed by atoms with Gasteiger partial charge in [0.2, 0.25) is 0 Å². The van der Waals surface area contributed by atoms with Crippen molar-refractivity contribution in [2.45, 2.75) is 65.2 Å². The molecule has 0 aromatic carbocycles. The minimum atomic E-state index is 1.25. The molecule has 2 heteroatoms. The molecule has 0 atom stereocenters. The lowest BCUT2D eigenvalue weighted by Gasteiger charge is -2.05. The van der Waals surface area contributed by atoms with Crippen molar-refractivity contribution in [1.82, 2.24) is 0 Å². The third kappa shape index (κ3) is 4.20. The summed E-state index contributed by atoms with van der Waals surface area (Å²) in [6.45, 7) is 4.55. The van der Waals surface area contributed by atoms with E-state index in [0.29, 0.717) is 0 Å². The summed E-state index contributed by atoms with van der Waals surface area (Å²) in [4.78, 5) is 3.09. The van der Waals surface area contributed by atoms with Gasteiger partial charge in [-0.3, -0.25) is 0 Å². The number of rotatable bonds is 9. The first-order chi connectivity index (χ1) is 9.86. The van der Waals surface area contributed by atoms with Gasteiger partial charge in [0.1, 0.15) is 0 Å². The molecule has 0 aliphatic heterocycles. The van der Waals surface area contributed by atoms with Crippen molar-refractivity contribution in [3.8, 4) is 9.75 Å². The molecule has 2 rings (SSSR count). The summed E-state index contributed by atoms with van der Waals surface area (Å²) >= 11 is 3.86. The summed E-state index contributed by atoms with van der Waals surface area (Å²) in [5.74, 6) is 0. The highest BCUT2D eigenvalue weighted by Gasteiger charge is 2.12. The van der Waals surface area contributed by atoms with Crippen LogP contribution in [0, 0.1) is 0 Å². The molecule has 0 radical (unpaired) electrons. The van der Waals surface area contributed by atoms with Crippen molar-refractivity contribution in [3.63, 3.8) is 0 Å². The van der Waals surface area contributed by atoms with Crippen LogP contribution in [0.4, 0.5) is 0 Å². The van der Waals surface area contributed by atoms with Crippen LogP contribution >= 0.6 is 22.7 Å². The Morgan fingerprint density at radius 2 is 1.15 bits per heavy atom. The van der Waals surface area contributed by atoms with E-state index < -0.39 is 0 Å². The summed E-state index contributed by atoms with van der Waals surface area (Å²) in [6.07, 6.45) is 10.5. The summed E-state index contributed by atoms with van der Waals surface area (Å²) in [5.41, 5.74) is 3.14. The van der Waals surface area contributed by atoms with Crippen LogP contribution in [0.5, 0.6) is 0 Å². The molecule has 2 aromatic rings. The SMILES string of the molecule is CCCCCc1ccsc1-c1sccc1CCCCC. The fourth-order valence-electron chi connectivity index (χ4n) is 2.59. The van der Waals surface area contributed by atoms with Crippen LogP contribution in [0.25, 0.3) is 9.75 Å². The molecular weight excluding hydrogens is 280 g/mol. The van der Waals surface area contributed by atoms with Crippen molar-refractivity contribution < 1.29 is 0 Å². The smallest absolute Gasteiger partial charge is 0.0477 e. The first-order valence-corrected chi connectivity index (χ1v) is 9.75. The second kappa shape index (κ2) is 8.63. The Hall–Kier alpha value is -0.600. The van der Waals surface area contributed by atoms with Gasteiger partial charge in [-0.15, -0.1) is 22.7 Å². The Bertz CT molecular complexity index is 447. The number of unbranched alkanes of at least 4 members (excludes halogenated alkanes) is 4. The molecule has 0 aliphatic carbocycles. The lowest BCUT2D eigenvalue weighted by molar-refractivity contribution is 0.717. The third-order valence-electron chi connectivity index (χ3n) is 3.80. The van der Waals surface area contributed by atoms with Crippen molar-refractivity contribution in [3.05, 3.63) is 34.0 Å². The van der Waals surface area contributed by atoms with E-state index in [0.717, 1.165) is 0 Å². The van der Waals surface area contributed by atoms with E-state index in [-0.39, 0.29) is 0 Å². The van der Waals surface area contributed by atoms with Crippen LogP contribution in [0.15, 0.2) is 22.9 Å². The highest BCUT2D eigenvalue weighted by atomic mass is 32.1. The minimum absolute atomic E-state index is 1.25. The maximum absolute atomic E-state index is 2.34. The van der Waals surface area contributed by atoms with E-state index in [1.165, 1.54) is 51.4 Å². The van der Waals surface area contributed by atoms with Crippen LogP contribution < -0.4 is 0 Å². The van der Waals surface area contributed by atoms with Gasteiger partial charge in [0.25, 0.3) is 0 Å². The first-order valence-electron chi connectivity index (χ1n) is 7.99. The fourth-order valence-corrected chi connectivity index (χ4v) is 4.74. The molecule has 0 saturated heterocycles. The van der Waals surface area contributed by atoms with E-state index >= 15 is 0 Å². The molecule has 20 heavy (non-hydrogen) atoms. The fraction of sp³-hybridized carbons (Fsp3) is 0.556. The van der Waals surface area contributed by atoms with Crippen molar-refractivity contribution in [2.24, 2.45) is 0 Å². The van der Waals surface area contributed by atoms with Gasteiger partial charge in [-0.2, -0.15) is 0 Å². The zero-order valence-electron chi connectivity index (χ0n) is 12.8. The average Bonchev–Trinajstić information content (AvgIpc) is 3.08. The molecule has 0 unspecified atom stereocenters. The molecule has 0 amide bonds. The Morgan fingerprint density at radius 1 is 0.700 bits per heavy atom. The Labute approximate surface area is 131 Å². The monoisotopic (exact) mass is 306 g/mol. The normalized spacial score (nSPS) is 11.1. The van der Waals surface area contributed by atoms with Gasteiger partial charge in [0.05, 0.1) is 0 Å². The molecule has 0 fully saturated rings. The number of aryl methyl sites for hydroxylation is 2. The van der Waals surface area contributed by atoms with Gasteiger partial charge < -0.3 is 0 Å². The first kappa shape index (κ1) is 15.8. The topological polar surface area (TPSA) is 0 Å². The zero-order valence-corrected chi connectivity index (χ0v) is 14.4. The number of hydrogen-bond donors (Lipinski definition) is 0. The highest BCUT2D eigenvalue weighted by molar-refractivity contribution is 7.20. The van der Waals surface area contributed by atoms with Gasteiger partial charge in [0, 0.05) is 9.75 Å². The zero-order chi connectivity index (χ0) is 14.2. The van der Waals surface area contributed by atoms with Crippen LogP contribution in [0.1, 0.15) is 63.5 Å². The van der Waals surface area contributed by atoms with Crippen LogP contribution in [0.2, 0.25) is 0 Å². The van der Waals surface area contributed by atoms with Gasteiger partial charge in [0.15, 0.2) is 0 Å². The molecule has 0 spiro atoms. The standard InChI is InChI=1S/C18H26S2/c1-3-5-7-9-15-11-13-19-17(15)18-16(12-14-20-18)10-8-6-4-2/h11-14H,3-10H2,1-2H3. The van der Waals surface area contributed by atoms with Gasteiger partial charge in [-0.1, -0.05) is 39.5 Å². The van der Waals surface area contributed by atoms with Crippen LogP contribution in [-0.4, -0.2) is 0 Å². The highest BCUT2D eigenvalue weighted by Crippen LogP contribution is 2.37. The Morgan fingerprint density at radius 3 is 1.55 bits per heavy atom. The van der Waals surface area contributed by atoms with Gasteiger partial charge >= 0.3 is 0 Å². The summed E-state index contributed by atoms with van der Waals surface area (Å²) in [5, 5.41) is 4.54. The molecule has 2 aromatic heterocycles. The summed E-state index contributed by atoms with van der Waals surface area (Å²) in [6, 6.07) is 4.68. The molecule has 110 valence electrons. The molecule has 2 heterocycles. The van der Waals surface area contributed by atoms with Crippen molar-refractivity contribution in [1.29, 1.82) is 0 Å². The van der Waals surface area contributed by atoms with E-state index in [4.69, 9.17) is 0 Å². The summed E-state index contributed by atoms with van der Waals surface area (Å²) < 4.78 is 0. The van der Waals surface area contributed by atoms with Crippen LogP contribution in [-0.2, 0) is 12.8 Å². The second-order valence-electron chi connectivity index (χ2n) is 5.46. The molecule has 0 N–H and O–H groups in total. The summed E-state index contributed by atoms with van der Waals surface area (Å²) in [7, 11) is 0. The van der Waals surface area contributed by atoms with Crippen molar-refractivity contribution in [2.75, 3.05) is 0 Å². The van der Waals surface area contributed by atoms with E-state index in [1.807, 2.05) is 22.7 Å². The number of thiophene rings is 2. The molecule has 0 aliphatic rings. The third-order valence-corrected chi connectivity index (χ3v) is 5.88. The Balaban J connectivity index is 2.07. The van der Waals surface area contributed by atoms with Crippen molar-refractivity contribution >= 4 is 22.7 Å². The Kier molecular flexibility index (Phi) is 6.81. The largest absolute Gasteiger partial charge is 0.143 e. The second-order valence-corrected chi connectivity index (χ2v) is 7.30. The lowest BCUT2D eigenvalue weighted by Crippen LogP contribution is -1.88. The van der Waals surface area contributed by atoms with Gasteiger partial charge in [-0.25, -0.2) is 0 Å². The average molecular weight is 307 g/mol. The van der Waals surface area contributed by atoms with Crippen LogP contribution in [0.3, 0.4) is 0 Å². The predicted octanol–water partition coefficient (Wildman–Crippen LogP) is 6.94. The van der Waals surface area contributed by atoms with E-state index in [2.05, 4.69) is 36.7 Å². The quantitative estimate of drug-likeness (QED) is 0.440. The lowest BCUT2D eigenvalue weighted by atomic mass is 10.0. The van der Waals surface area contributed by atoms with Gasteiger partial charge in [-0.05, 0) is 59.7 Å². The molecule has 0 bridgehead atoms. The minimum Gasteiger partial charge on any atom is -0.143 e. The molecule has 0 saturated carbocycles. The number of hydrogen-bond acceptors (Lipinski definition) is 2. The van der Waals surface area contributed by atoms with E-state index in [9.17, 15) is 0 Å². The maximum atomic E-state index is 2.34. The molecule has 0 nitrogen and oxygen atoms in total. The van der Waals surface area contributed by atoms with E-state index in [1.54, 1.807) is 20.9 Å².